The number of rotatable bonds is 5. The fourth-order valence-electron chi connectivity index (χ4n) is 1.49. The maximum atomic E-state index is 13.1. The number of methoxy groups -OCH3 is 1. The van der Waals surface area contributed by atoms with Crippen molar-refractivity contribution in [3.8, 4) is 5.75 Å². The van der Waals surface area contributed by atoms with Gasteiger partial charge >= 0.3 is 12.3 Å². The third-order valence-corrected chi connectivity index (χ3v) is 2.63. The van der Waals surface area contributed by atoms with Gasteiger partial charge in [-0.25, -0.2) is 8.78 Å². The highest BCUT2D eigenvalue weighted by Gasteiger charge is 2.36. The molecule has 0 N–H and O–H groups in total. The van der Waals surface area contributed by atoms with Crippen LogP contribution in [0.5, 0.6) is 5.75 Å². The molecule has 1 aromatic heterocycles. The van der Waals surface area contributed by atoms with Gasteiger partial charge in [-0.3, -0.25) is 9.78 Å². The molecule has 1 rings (SSSR count). The molecule has 0 atom stereocenters. The van der Waals surface area contributed by atoms with Crippen LogP contribution in [0.4, 0.5) is 22.0 Å². The van der Waals surface area contributed by atoms with E-state index in [4.69, 9.17) is 11.6 Å². The van der Waals surface area contributed by atoms with Crippen LogP contribution in [0.1, 0.15) is 23.2 Å². The van der Waals surface area contributed by atoms with E-state index in [9.17, 15) is 26.7 Å². The van der Waals surface area contributed by atoms with Crippen LogP contribution in [-0.4, -0.2) is 24.4 Å². The lowest BCUT2D eigenvalue weighted by Gasteiger charge is -2.18. The van der Waals surface area contributed by atoms with Crippen LogP contribution in [0, 0.1) is 0 Å². The lowest BCUT2D eigenvalue weighted by atomic mass is 10.1. The Morgan fingerprint density at radius 1 is 1.43 bits per heavy atom. The zero-order valence-electron chi connectivity index (χ0n) is 10.5. The summed E-state index contributed by atoms with van der Waals surface area (Å²) in [6.45, 7) is 0. The Labute approximate surface area is 120 Å². The van der Waals surface area contributed by atoms with Crippen molar-refractivity contribution in [3.63, 3.8) is 0 Å². The zero-order valence-corrected chi connectivity index (χ0v) is 11.3. The van der Waals surface area contributed by atoms with E-state index in [1.807, 2.05) is 0 Å². The predicted octanol–water partition coefficient (Wildman–Crippen LogP) is 3.37. The zero-order chi connectivity index (χ0) is 16.2. The highest BCUT2D eigenvalue weighted by Crippen LogP contribution is 2.38. The standard InChI is InChI=1S/C11H9ClF5NO3/c1-20-7(19)2-6-8(10(13)14)9(21-11(15,16)17)5(3-12)4-18-6/h4,10H,2-3H2,1H3. The molecular formula is C11H9ClF5NO3. The fourth-order valence-corrected chi connectivity index (χ4v) is 1.68. The number of ether oxygens (including phenoxy) is 2. The molecule has 0 amide bonds. The first-order valence-electron chi connectivity index (χ1n) is 5.37. The number of carbonyl (C=O) groups is 1. The molecule has 0 aliphatic heterocycles. The van der Waals surface area contributed by atoms with Gasteiger partial charge in [-0.2, -0.15) is 0 Å². The highest BCUT2D eigenvalue weighted by atomic mass is 35.5. The van der Waals surface area contributed by atoms with Crippen molar-refractivity contribution in [2.75, 3.05) is 7.11 Å². The SMILES string of the molecule is COC(=O)Cc1ncc(CCl)c(OC(F)(F)F)c1C(F)F. The minimum atomic E-state index is -5.19. The predicted molar refractivity (Wildman–Crippen MR) is 61.2 cm³/mol. The quantitative estimate of drug-likeness (QED) is 0.471. The van der Waals surface area contributed by atoms with Gasteiger partial charge < -0.3 is 9.47 Å². The van der Waals surface area contributed by atoms with Gasteiger partial charge in [0.1, 0.15) is 5.75 Å². The molecular weight excluding hydrogens is 325 g/mol. The first-order chi connectivity index (χ1) is 9.69. The molecule has 21 heavy (non-hydrogen) atoms. The fraction of sp³-hybridized carbons (Fsp3) is 0.455. The molecule has 0 spiro atoms. The smallest absolute Gasteiger partial charge is 0.469 e. The van der Waals surface area contributed by atoms with E-state index >= 15 is 0 Å². The summed E-state index contributed by atoms with van der Waals surface area (Å²) in [4.78, 5) is 14.6. The number of hydrogen-bond acceptors (Lipinski definition) is 4. The summed E-state index contributed by atoms with van der Waals surface area (Å²) in [7, 11) is 1.00. The average molecular weight is 334 g/mol. The number of hydrogen-bond donors (Lipinski definition) is 0. The minimum absolute atomic E-state index is 0.363. The van der Waals surface area contributed by atoms with Crippen molar-refractivity contribution in [3.05, 3.63) is 23.0 Å². The van der Waals surface area contributed by atoms with E-state index in [0.29, 0.717) is 0 Å². The Hall–Kier alpha value is -1.64. The summed E-state index contributed by atoms with van der Waals surface area (Å²) < 4.78 is 71.0. The Kier molecular flexibility index (Phi) is 5.70. The maximum absolute atomic E-state index is 13.1. The van der Waals surface area contributed by atoms with Crippen LogP contribution in [-0.2, 0) is 21.8 Å². The second kappa shape index (κ2) is 6.88. The summed E-state index contributed by atoms with van der Waals surface area (Å²) in [5, 5.41) is 0. The molecule has 10 heteroatoms. The van der Waals surface area contributed by atoms with Crippen LogP contribution in [0.3, 0.4) is 0 Å². The maximum Gasteiger partial charge on any atom is 0.573 e. The first-order valence-corrected chi connectivity index (χ1v) is 5.90. The number of pyridine rings is 1. The van der Waals surface area contributed by atoms with Gasteiger partial charge in [0.15, 0.2) is 0 Å². The largest absolute Gasteiger partial charge is 0.573 e. The van der Waals surface area contributed by atoms with Crippen LogP contribution < -0.4 is 4.74 Å². The summed E-state index contributed by atoms with van der Waals surface area (Å²) >= 11 is 5.40. The molecule has 1 aromatic rings. The molecule has 0 aromatic carbocycles. The monoisotopic (exact) mass is 333 g/mol. The molecule has 0 unspecified atom stereocenters. The Bertz CT molecular complexity index is 521. The Balaban J connectivity index is 3.41. The highest BCUT2D eigenvalue weighted by molar-refractivity contribution is 6.17. The van der Waals surface area contributed by atoms with Crippen LogP contribution in [0.2, 0.25) is 0 Å². The van der Waals surface area contributed by atoms with Crippen LogP contribution >= 0.6 is 11.6 Å². The lowest BCUT2D eigenvalue weighted by molar-refractivity contribution is -0.275. The number of carbonyl (C=O) groups excluding carboxylic acids is 1. The average Bonchev–Trinajstić information content (AvgIpc) is 2.36. The summed E-state index contributed by atoms with van der Waals surface area (Å²) in [5.41, 5.74) is -2.06. The Morgan fingerprint density at radius 2 is 2.05 bits per heavy atom. The van der Waals surface area contributed by atoms with E-state index < -0.39 is 48.1 Å². The van der Waals surface area contributed by atoms with E-state index in [1.165, 1.54) is 0 Å². The number of halogens is 6. The second-order valence-corrected chi connectivity index (χ2v) is 3.98. The molecule has 0 bridgehead atoms. The van der Waals surface area contributed by atoms with E-state index in [-0.39, 0.29) is 5.56 Å². The summed E-state index contributed by atoms with van der Waals surface area (Å²) in [6.07, 6.45) is -8.39. The molecule has 0 saturated heterocycles. The van der Waals surface area contributed by atoms with Gasteiger partial charge in [-0.1, -0.05) is 0 Å². The van der Waals surface area contributed by atoms with Crippen molar-refractivity contribution in [2.45, 2.75) is 25.1 Å². The van der Waals surface area contributed by atoms with Crippen LogP contribution in [0.15, 0.2) is 6.20 Å². The molecule has 0 fully saturated rings. The van der Waals surface area contributed by atoms with Gasteiger partial charge in [0.2, 0.25) is 0 Å². The summed E-state index contributed by atoms with van der Waals surface area (Å²) in [6, 6.07) is 0. The van der Waals surface area contributed by atoms with Crippen molar-refractivity contribution in [1.29, 1.82) is 0 Å². The molecule has 0 radical (unpaired) electrons. The van der Waals surface area contributed by atoms with Crippen LogP contribution in [0.25, 0.3) is 0 Å². The number of alkyl halides is 6. The van der Waals surface area contributed by atoms with Gasteiger partial charge in [-0.15, -0.1) is 24.8 Å². The molecule has 0 saturated carbocycles. The van der Waals surface area contributed by atoms with Crippen molar-refractivity contribution < 1.29 is 36.2 Å². The molecule has 0 aliphatic rings. The third kappa shape index (κ3) is 4.69. The van der Waals surface area contributed by atoms with Gasteiger partial charge in [0, 0.05) is 11.8 Å². The lowest BCUT2D eigenvalue weighted by Crippen LogP contribution is -2.21. The topological polar surface area (TPSA) is 48.4 Å². The van der Waals surface area contributed by atoms with Gasteiger partial charge in [0.05, 0.1) is 30.7 Å². The van der Waals surface area contributed by atoms with Crippen molar-refractivity contribution in [2.24, 2.45) is 0 Å². The first kappa shape index (κ1) is 17.4. The third-order valence-electron chi connectivity index (χ3n) is 2.34. The van der Waals surface area contributed by atoms with Gasteiger partial charge in [0.25, 0.3) is 6.43 Å². The molecule has 4 nitrogen and oxygen atoms in total. The number of aromatic nitrogens is 1. The van der Waals surface area contributed by atoms with E-state index in [0.717, 1.165) is 13.3 Å². The normalized spacial score (nSPS) is 11.6. The second-order valence-electron chi connectivity index (χ2n) is 3.71. The summed E-state index contributed by atoms with van der Waals surface area (Å²) in [5.74, 6) is -2.58. The van der Waals surface area contributed by atoms with E-state index in [2.05, 4.69) is 14.5 Å². The number of esters is 1. The Morgan fingerprint density at radius 3 is 2.48 bits per heavy atom. The van der Waals surface area contributed by atoms with E-state index in [1.54, 1.807) is 0 Å². The molecule has 0 aliphatic carbocycles. The minimum Gasteiger partial charge on any atom is -0.469 e. The molecule has 118 valence electrons. The van der Waals surface area contributed by atoms with Gasteiger partial charge in [-0.05, 0) is 0 Å². The number of nitrogens with zero attached hydrogens (tertiary/aromatic N) is 1. The van der Waals surface area contributed by atoms with Crippen molar-refractivity contribution >= 4 is 17.6 Å². The van der Waals surface area contributed by atoms with Crippen molar-refractivity contribution in [1.82, 2.24) is 4.98 Å². The molecule has 1 heterocycles.